The van der Waals surface area contributed by atoms with E-state index in [2.05, 4.69) is 10.2 Å². The van der Waals surface area contributed by atoms with Gasteiger partial charge in [0.2, 0.25) is 0 Å². The normalized spacial score (nSPS) is 21.2. The SMILES string of the molecule is C/C(NCCCN(C)C)=C1/C(=N)CC/C(=C/O)C1=O. The number of aliphatic hydroxyl groups is 1. The van der Waals surface area contributed by atoms with Crippen LogP contribution in [0.15, 0.2) is 23.1 Å². The second-order valence-electron chi connectivity index (χ2n) is 5.05. The predicted octanol–water partition coefficient (Wildman–Crippen LogP) is 1.63. The van der Waals surface area contributed by atoms with Gasteiger partial charge in [0.05, 0.1) is 11.8 Å². The summed E-state index contributed by atoms with van der Waals surface area (Å²) in [4.78, 5) is 14.2. The number of ketones is 1. The van der Waals surface area contributed by atoms with E-state index in [4.69, 9.17) is 10.5 Å². The molecule has 5 heteroatoms. The third kappa shape index (κ3) is 4.21. The van der Waals surface area contributed by atoms with Crippen molar-refractivity contribution in [3.63, 3.8) is 0 Å². The fourth-order valence-corrected chi connectivity index (χ4v) is 2.08. The maximum absolute atomic E-state index is 12.1. The Morgan fingerprint density at radius 3 is 2.74 bits per heavy atom. The molecule has 0 bridgehead atoms. The van der Waals surface area contributed by atoms with Crippen LogP contribution in [0, 0.1) is 5.41 Å². The molecule has 0 aromatic heterocycles. The summed E-state index contributed by atoms with van der Waals surface area (Å²) in [6.07, 6.45) is 2.80. The van der Waals surface area contributed by atoms with E-state index in [0.29, 0.717) is 29.7 Å². The largest absolute Gasteiger partial charge is 0.515 e. The van der Waals surface area contributed by atoms with Crippen molar-refractivity contribution in [2.75, 3.05) is 27.2 Å². The molecule has 0 saturated heterocycles. The summed E-state index contributed by atoms with van der Waals surface area (Å²) < 4.78 is 0. The Balaban J connectivity index is 2.69. The molecule has 1 rings (SSSR count). The molecule has 1 aliphatic carbocycles. The minimum absolute atomic E-state index is 0.226. The number of aliphatic hydroxyl groups excluding tert-OH is 1. The summed E-state index contributed by atoms with van der Waals surface area (Å²) >= 11 is 0. The van der Waals surface area contributed by atoms with Crippen LogP contribution in [0.4, 0.5) is 0 Å². The van der Waals surface area contributed by atoms with E-state index in [1.807, 2.05) is 21.0 Å². The van der Waals surface area contributed by atoms with Gasteiger partial charge in [0.15, 0.2) is 5.78 Å². The van der Waals surface area contributed by atoms with Crippen molar-refractivity contribution in [3.05, 3.63) is 23.1 Å². The minimum atomic E-state index is -0.226. The average Bonchev–Trinajstić information content (AvgIpc) is 2.35. The average molecular weight is 265 g/mol. The smallest absolute Gasteiger partial charge is 0.195 e. The van der Waals surface area contributed by atoms with E-state index in [1.54, 1.807) is 0 Å². The van der Waals surface area contributed by atoms with Crippen LogP contribution in [0.5, 0.6) is 0 Å². The minimum Gasteiger partial charge on any atom is -0.515 e. The Morgan fingerprint density at radius 2 is 2.16 bits per heavy atom. The lowest BCUT2D eigenvalue weighted by Crippen LogP contribution is -2.27. The monoisotopic (exact) mass is 265 g/mol. The van der Waals surface area contributed by atoms with Crippen molar-refractivity contribution in [1.82, 2.24) is 10.2 Å². The molecular weight excluding hydrogens is 242 g/mol. The predicted molar refractivity (Wildman–Crippen MR) is 76.6 cm³/mol. The summed E-state index contributed by atoms with van der Waals surface area (Å²) in [5, 5.41) is 20.1. The number of hydrogen-bond acceptors (Lipinski definition) is 5. The lowest BCUT2D eigenvalue weighted by molar-refractivity contribution is -0.112. The quantitative estimate of drug-likeness (QED) is 0.401. The topological polar surface area (TPSA) is 76.4 Å². The Kier molecular flexibility index (Phi) is 5.76. The zero-order chi connectivity index (χ0) is 14.4. The Morgan fingerprint density at radius 1 is 1.47 bits per heavy atom. The Bertz CT molecular complexity index is 422. The number of Topliss-reactive ketones (excluding diaryl/α,β-unsaturated/α-hetero) is 1. The van der Waals surface area contributed by atoms with Gasteiger partial charge in [-0.3, -0.25) is 4.79 Å². The molecule has 5 nitrogen and oxygen atoms in total. The standard InChI is InChI=1S/C14H23N3O2/c1-10(16-7-4-8-17(2)3)13-12(15)6-5-11(9-18)14(13)19/h9,15-16,18H,4-8H2,1-3H3/b11-9-,13-10+,15-12?. The molecule has 19 heavy (non-hydrogen) atoms. The van der Waals surface area contributed by atoms with E-state index < -0.39 is 0 Å². The molecule has 0 amide bonds. The molecule has 0 spiro atoms. The highest BCUT2D eigenvalue weighted by atomic mass is 16.2. The molecule has 0 aromatic carbocycles. The van der Waals surface area contributed by atoms with Crippen LogP contribution >= 0.6 is 0 Å². The first-order chi connectivity index (χ1) is 8.97. The van der Waals surface area contributed by atoms with Crippen molar-refractivity contribution < 1.29 is 9.90 Å². The highest BCUT2D eigenvalue weighted by molar-refractivity contribution is 6.29. The van der Waals surface area contributed by atoms with Gasteiger partial charge in [-0.1, -0.05) is 0 Å². The second kappa shape index (κ2) is 7.09. The summed E-state index contributed by atoms with van der Waals surface area (Å²) in [6, 6.07) is 0. The van der Waals surface area contributed by atoms with E-state index in [1.165, 1.54) is 0 Å². The van der Waals surface area contributed by atoms with Gasteiger partial charge < -0.3 is 20.7 Å². The molecule has 0 aliphatic heterocycles. The van der Waals surface area contributed by atoms with Gasteiger partial charge in [0, 0.05) is 23.5 Å². The molecular formula is C14H23N3O2. The van der Waals surface area contributed by atoms with Crippen LogP contribution in [0.25, 0.3) is 0 Å². The maximum atomic E-state index is 12.1. The van der Waals surface area contributed by atoms with Crippen molar-refractivity contribution in [3.8, 4) is 0 Å². The Hall–Kier alpha value is -1.62. The summed E-state index contributed by atoms with van der Waals surface area (Å²) in [5.41, 5.74) is 1.89. The van der Waals surface area contributed by atoms with Gasteiger partial charge in [-0.15, -0.1) is 0 Å². The second-order valence-corrected chi connectivity index (χ2v) is 5.05. The van der Waals surface area contributed by atoms with Crippen molar-refractivity contribution in [2.24, 2.45) is 0 Å². The Labute approximate surface area is 114 Å². The summed E-state index contributed by atoms with van der Waals surface area (Å²) in [6.45, 7) is 3.56. The molecule has 3 N–H and O–H groups in total. The number of nitrogens with zero attached hydrogens (tertiary/aromatic N) is 1. The first kappa shape index (κ1) is 15.4. The first-order valence-corrected chi connectivity index (χ1v) is 6.52. The van der Waals surface area contributed by atoms with E-state index >= 15 is 0 Å². The van der Waals surface area contributed by atoms with Crippen molar-refractivity contribution >= 4 is 11.5 Å². The van der Waals surface area contributed by atoms with Crippen LogP contribution in [-0.2, 0) is 4.79 Å². The van der Waals surface area contributed by atoms with Gasteiger partial charge in [-0.25, -0.2) is 0 Å². The van der Waals surface area contributed by atoms with Crippen LogP contribution < -0.4 is 5.32 Å². The van der Waals surface area contributed by atoms with Gasteiger partial charge in [0.25, 0.3) is 0 Å². The zero-order valence-electron chi connectivity index (χ0n) is 11.9. The fraction of sp³-hybridized carbons (Fsp3) is 0.571. The van der Waals surface area contributed by atoms with Crippen LogP contribution in [0.2, 0.25) is 0 Å². The lowest BCUT2D eigenvalue weighted by Gasteiger charge is -2.20. The van der Waals surface area contributed by atoms with Crippen LogP contribution in [0.3, 0.4) is 0 Å². The molecule has 1 fully saturated rings. The molecule has 0 atom stereocenters. The fourth-order valence-electron chi connectivity index (χ4n) is 2.08. The molecule has 1 aliphatic rings. The number of nitrogens with one attached hydrogen (secondary N) is 2. The zero-order valence-corrected chi connectivity index (χ0v) is 11.9. The third-order valence-electron chi connectivity index (χ3n) is 3.17. The van der Waals surface area contributed by atoms with Crippen LogP contribution in [0.1, 0.15) is 26.2 Å². The van der Waals surface area contributed by atoms with Gasteiger partial charge in [-0.05, 0) is 46.8 Å². The number of carbonyl (C=O) groups is 1. The van der Waals surface area contributed by atoms with E-state index in [0.717, 1.165) is 31.5 Å². The molecule has 0 radical (unpaired) electrons. The molecule has 106 valence electrons. The number of allylic oxidation sites excluding steroid dienone is 3. The number of hydrogen-bond donors (Lipinski definition) is 3. The van der Waals surface area contributed by atoms with Crippen LogP contribution in [-0.4, -0.2) is 48.7 Å². The van der Waals surface area contributed by atoms with E-state index in [-0.39, 0.29) is 5.78 Å². The third-order valence-corrected chi connectivity index (χ3v) is 3.17. The van der Waals surface area contributed by atoms with Crippen molar-refractivity contribution in [1.29, 1.82) is 5.41 Å². The van der Waals surface area contributed by atoms with Gasteiger partial charge >= 0.3 is 0 Å². The molecule has 1 saturated carbocycles. The van der Waals surface area contributed by atoms with Gasteiger partial charge in [0.1, 0.15) is 0 Å². The van der Waals surface area contributed by atoms with Crippen molar-refractivity contribution in [2.45, 2.75) is 26.2 Å². The summed E-state index contributed by atoms with van der Waals surface area (Å²) in [5.74, 6) is -0.226. The lowest BCUT2D eigenvalue weighted by atomic mass is 9.87. The highest BCUT2D eigenvalue weighted by Gasteiger charge is 2.26. The molecule has 0 unspecified atom stereocenters. The highest BCUT2D eigenvalue weighted by Crippen LogP contribution is 2.23. The number of carbonyl (C=O) groups excluding carboxylic acids is 1. The maximum Gasteiger partial charge on any atom is 0.195 e. The summed E-state index contributed by atoms with van der Waals surface area (Å²) in [7, 11) is 4.04. The van der Waals surface area contributed by atoms with Gasteiger partial charge in [-0.2, -0.15) is 0 Å². The first-order valence-electron chi connectivity index (χ1n) is 6.52. The number of rotatable bonds is 5. The van der Waals surface area contributed by atoms with E-state index in [9.17, 15) is 4.79 Å². The molecule has 0 heterocycles. The molecule has 0 aromatic rings.